The molecule has 0 radical (unpaired) electrons. The van der Waals surface area contributed by atoms with Crippen LogP contribution in [0.2, 0.25) is 0 Å². The molecule has 6 nitrogen and oxygen atoms in total. The summed E-state index contributed by atoms with van der Waals surface area (Å²) in [5.41, 5.74) is 1.40. The average Bonchev–Trinajstić information content (AvgIpc) is 2.57. The number of amides is 2. The van der Waals surface area contributed by atoms with Crippen LogP contribution >= 0.6 is 11.8 Å². The number of carbonyl (C=O) groups is 2. The lowest BCUT2D eigenvalue weighted by Crippen LogP contribution is -2.39. The standard InChI is InChI=1S/C16H19N3O3S/c1-23-7-6-14(20)16(22)18-10-15(21)19-12-8-11-4-2-3-5-13(11)17-9-12/h2-5,8-9,14,20H,6-7,10H2,1H3,(H,18,22)(H,19,21). The first-order valence-corrected chi connectivity index (χ1v) is 8.59. The minimum atomic E-state index is -1.09. The monoisotopic (exact) mass is 333 g/mol. The molecule has 3 N–H and O–H groups in total. The fourth-order valence-electron chi connectivity index (χ4n) is 1.99. The summed E-state index contributed by atoms with van der Waals surface area (Å²) in [6.45, 7) is -0.192. The number of aliphatic hydroxyl groups is 1. The van der Waals surface area contributed by atoms with E-state index in [2.05, 4.69) is 15.6 Å². The topological polar surface area (TPSA) is 91.3 Å². The molecule has 0 fully saturated rings. The van der Waals surface area contributed by atoms with E-state index in [4.69, 9.17) is 0 Å². The third kappa shape index (κ3) is 5.22. The predicted octanol–water partition coefficient (Wildman–Crippen LogP) is 1.40. The second-order valence-electron chi connectivity index (χ2n) is 4.98. The molecule has 0 aliphatic carbocycles. The Hall–Kier alpha value is -2.12. The van der Waals surface area contributed by atoms with Gasteiger partial charge >= 0.3 is 0 Å². The molecule has 1 aromatic heterocycles. The van der Waals surface area contributed by atoms with Crippen molar-refractivity contribution in [3.05, 3.63) is 36.5 Å². The zero-order valence-electron chi connectivity index (χ0n) is 12.8. The van der Waals surface area contributed by atoms with Crippen LogP contribution in [0.5, 0.6) is 0 Å². The SMILES string of the molecule is CSCCC(O)C(=O)NCC(=O)Nc1cnc2ccccc2c1. The molecule has 1 aromatic carbocycles. The molecule has 0 spiro atoms. The Morgan fingerprint density at radius 3 is 2.91 bits per heavy atom. The van der Waals surface area contributed by atoms with E-state index in [0.717, 1.165) is 10.9 Å². The maximum Gasteiger partial charge on any atom is 0.249 e. The summed E-state index contributed by atoms with van der Waals surface area (Å²) in [4.78, 5) is 27.7. The van der Waals surface area contributed by atoms with E-state index in [-0.39, 0.29) is 12.5 Å². The number of benzene rings is 1. The lowest BCUT2D eigenvalue weighted by Gasteiger charge is -2.11. The van der Waals surface area contributed by atoms with Crippen LogP contribution in [0.1, 0.15) is 6.42 Å². The number of thioether (sulfide) groups is 1. The van der Waals surface area contributed by atoms with Crippen molar-refractivity contribution in [1.29, 1.82) is 0 Å². The van der Waals surface area contributed by atoms with Crippen LogP contribution in [0.15, 0.2) is 36.5 Å². The highest BCUT2D eigenvalue weighted by Crippen LogP contribution is 2.15. The fraction of sp³-hybridized carbons (Fsp3) is 0.312. The Labute approximate surface area is 138 Å². The molecule has 122 valence electrons. The summed E-state index contributed by atoms with van der Waals surface area (Å²) in [5.74, 6) is -0.220. The van der Waals surface area contributed by atoms with Gasteiger partial charge in [0.15, 0.2) is 0 Å². The predicted molar refractivity (Wildman–Crippen MR) is 92.4 cm³/mol. The second-order valence-corrected chi connectivity index (χ2v) is 5.97. The van der Waals surface area contributed by atoms with Crippen molar-refractivity contribution >= 4 is 40.2 Å². The molecule has 1 unspecified atom stereocenters. The van der Waals surface area contributed by atoms with E-state index in [1.165, 1.54) is 0 Å². The van der Waals surface area contributed by atoms with E-state index in [1.807, 2.05) is 36.6 Å². The van der Waals surface area contributed by atoms with Crippen LogP contribution in [0.4, 0.5) is 5.69 Å². The van der Waals surface area contributed by atoms with Crippen molar-refractivity contribution in [2.24, 2.45) is 0 Å². The normalized spacial score (nSPS) is 11.9. The number of rotatable bonds is 7. The molecule has 2 aromatic rings. The molecular formula is C16H19N3O3S. The molecule has 0 saturated heterocycles. The van der Waals surface area contributed by atoms with Gasteiger partial charge in [-0.05, 0) is 30.6 Å². The second kappa shape index (κ2) is 8.50. The van der Waals surface area contributed by atoms with Gasteiger partial charge < -0.3 is 15.7 Å². The highest BCUT2D eigenvalue weighted by molar-refractivity contribution is 7.98. The van der Waals surface area contributed by atoms with Crippen molar-refractivity contribution in [3.63, 3.8) is 0 Å². The van der Waals surface area contributed by atoms with Crippen molar-refractivity contribution in [3.8, 4) is 0 Å². The molecular weight excluding hydrogens is 314 g/mol. The number of nitrogens with zero attached hydrogens (tertiary/aromatic N) is 1. The molecule has 0 saturated carbocycles. The van der Waals surface area contributed by atoms with E-state index < -0.39 is 12.0 Å². The minimum Gasteiger partial charge on any atom is -0.383 e. The first-order valence-electron chi connectivity index (χ1n) is 7.19. The van der Waals surface area contributed by atoms with Gasteiger partial charge in [-0.15, -0.1) is 0 Å². The maximum atomic E-state index is 11.9. The highest BCUT2D eigenvalue weighted by Gasteiger charge is 2.15. The summed E-state index contributed by atoms with van der Waals surface area (Å²) >= 11 is 1.55. The van der Waals surface area contributed by atoms with Gasteiger partial charge in [-0.3, -0.25) is 14.6 Å². The van der Waals surface area contributed by atoms with Crippen molar-refractivity contribution in [2.45, 2.75) is 12.5 Å². The summed E-state index contributed by atoms with van der Waals surface area (Å²) in [6.07, 6.45) is 2.74. The largest absolute Gasteiger partial charge is 0.383 e. The Kier molecular flexibility index (Phi) is 6.37. The first-order chi connectivity index (χ1) is 11.1. The molecule has 2 amide bonds. The molecule has 23 heavy (non-hydrogen) atoms. The number of para-hydroxylation sites is 1. The quantitative estimate of drug-likeness (QED) is 0.712. The number of aliphatic hydroxyl groups excluding tert-OH is 1. The van der Waals surface area contributed by atoms with Crippen LogP contribution in [0.3, 0.4) is 0 Å². The Morgan fingerprint density at radius 2 is 2.13 bits per heavy atom. The van der Waals surface area contributed by atoms with Gasteiger partial charge in [-0.2, -0.15) is 11.8 Å². The molecule has 1 heterocycles. The van der Waals surface area contributed by atoms with Crippen molar-refractivity contribution in [2.75, 3.05) is 23.9 Å². The van der Waals surface area contributed by atoms with Crippen LogP contribution in [0, 0.1) is 0 Å². The molecule has 0 bridgehead atoms. The smallest absolute Gasteiger partial charge is 0.249 e. The zero-order chi connectivity index (χ0) is 16.7. The highest BCUT2D eigenvalue weighted by atomic mass is 32.2. The molecule has 0 aliphatic heterocycles. The van der Waals surface area contributed by atoms with Crippen LogP contribution in [0.25, 0.3) is 10.9 Å². The number of nitrogens with one attached hydrogen (secondary N) is 2. The molecule has 0 aliphatic rings. The number of fused-ring (bicyclic) bond motifs is 1. The minimum absolute atomic E-state index is 0.192. The van der Waals surface area contributed by atoms with E-state index in [1.54, 1.807) is 18.0 Å². The number of aromatic nitrogens is 1. The Bertz CT molecular complexity index is 693. The number of anilines is 1. The number of carbonyl (C=O) groups excluding carboxylic acids is 2. The van der Waals surface area contributed by atoms with Gasteiger partial charge in [-0.1, -0.05) is 18.2 Å². The summed E-state index contributed by atoms with van der Waals surface area (Å²) in [6, 6.07) is 9.39. The van der Waals surface area contributed by atoms with Gasteiger partial charge in [0.1, 0.15) is 6.10 Å². The van der Waals surface area contributed by atoms with Crippen LogP contribution < -0.4 is 10.6 Å². The maximum absolute atomic E-state index is 11.9. The lowest BCUT2D eigenvalue weighted by atomic mass is 10.2. The van der Waals surface area contributed by atoms with Gasteiger partial charge in [-0.25, -0.2) is 0 Å². The zero-order valence-corrected chi connectivity index (χ0v) is 13.6. The third-order valence-electron chi connectivity index (χ3n) is 3.20. The molecule has 1 atom stereocenters. The summed E-state index contributed by atoms with van der Waals surface area (Å²) < 4.78 is 0. The number of hydrogen-bond acceptors (Lipinski definition) is 5. The van der Waals surface area contributed by atoms with Gasteiger partial charge in [0, 0.05) is 5.39 Å². The molecule has 7 heteroatoms. The molecule has 2 rings (SSSR count). The van der Waals surface area contributed by atoms with E-state index in [9.17, 15) is 14.7 Å². The Balaban J connectivity index is 1.85. The average molecular weight is 333 g/mol. The van der Waals surface area contributed by atoms with Crippen LogP contribution in [-0.2, 0) is 9.59 Å². The first kappa shape index (κ1) is 17.2. The third-order valence-corrected chi connectivity index (χ3v) is 3.84. The van der Waals surface area contributed by atoms with Crippen molar-refractivity contribution < 1.29 is 14.7 Å². The van der Waals surface area contributed by atoms with E-state index >= 15 is 0 Å². The van der Waals surface area contributed by atoms with E-state index in [0.29, 0.717) is 17.9 Å². The van der Waals surface area contributed by atoms with Gasteiger partial charge in [0.25, 0.3) is 0 Å². The lowest BCUT2D eigenvalue weighted by molar-refractivity contribution is -0.131. The number of hydrogen-bond donors (Lipinski definition) is 3. The fourth-order valence-corrected chi connectivity index (χ4v) is 2.45. The van der Waals surface area contributed by atoms with Crippen molar-refractivity contribution in [1.82, 2.24) is 10.3 Å². The van der Waals surface area contributed by atoms with Gasteiger partial charge in [0.05, 0.1) is 23.9 Å². The van der Waals surface area contributed by atoms with Crippen LogP contribution in [-0.4, -0.2) is 46.6 Å². The number of pyridine rings is 1. The van der Waals surface area contributed by atoms with Gasteiger partial charge in [0.2, 0.25) is 11.8 Å². The summed E-state index contributed by atoms with van der Waals surface area (Å²) in [7, 11) is 0. The Morgan fingerprint density at radius 1 is 1.35 bits per heavy atom. The summed E-state index contributed by atoms with van der Waals surface area (Å²) in [5, 5.41) is 15.6.